The van der Waals surface area contributed by atoms with Crippen LogP contribution in [0.4, 0.5) is 4.39 Å². The van der Waals surface area contributed by atoms with Gasteiger partial charge in [-0.3, -0.25) is 9.69 Å². The molecular weight excluding hydrogens is 393 g/mol. The fourth-order valence-electron chi connectivity index (χ4n) is 4.19. The zero-order chi connectivity index (χ0) is 20.7. The predicted octanol–water partition coefficient (Wildman–Crippen LogP) is 3.80. The van der Waals surface area contributed by atoms with Gasteiger partial charge in [0.15, 0.2) is 5.82 Å². The monoisotopic (exact) mass is 415 g/mol. The van der Waals surface area contributed by atoms with Crippen molar-refractivity contribution in [2.75, 3.05) is 19.6 Å². The third-order valence-corrected chi connectivity index (χ3v) is 5.63. The second-order valence-electron chi connectivity index (χ2n) is 7.77. The molecule has 1 aromatic carbocycles. The minimum absolute atomic E-state index is 0.0657. The number of carbonyl (C=O) groups is 1. The molecule has 0 bridgehead atoms. The Morgan fingerprint density at radius 3 is 2.76 bits per heavy atom. The van der Waals surface area contributed by atoms with Crippen LogP contribution in [0.15, 0.2) is 24.4 Å². The van der Waals surface area contributed by atoms with Crippen molar-refractivity contribution < 1.29 is 9.18 Å². The number of piperidine rings is 1. The van der Waals surface area contributed by atoms with E-state index in [4.69, 9.17) is 11.6 Å². The van der Waals surface area contributed by atoms with Gasteiger partial charge in [0.25, 0.3) is 0 Å². The van der Waals surface area contributed by atoms with Crippen LogP contribution in [0.2, 0.25) is 5.15 Å². The zero-order valence-electron chi connectivity index (χ0n) is 16.7. The summed E-state index contributed by atoms with van der Waals surface area (Å²) in [6.45, 7) is 6.63. The van der Waals surface area contributed by atoms with E-state index in [0.29, 0.717) is 36.3 Å². The molecule has 3 aromatic rings. The summed E-state index contributed by atoms with van der Waals surface area (Å²) in [7, 11) is 0. The first-order valence-electron chi connectivity index (χ1n) is 9.67. The Balaban J connectivity index is 1.71. The highest BCUT2D eigenvalue weighted by molar-refractivity contribution is 6.29. The Morgan fingerprint density at radius 1 is 1.28 bits per heavy atom. The van der Waals surface area contributed by atoms with Crippen molar-refractivity contribution in [3.05, 3.63) is 46.5 Å². The molecule has 2 aromatic heterocycles. The molecule has 0 N–H and O–H groups in total. The Morgan fingerprint density at radius 2 is 2.07 bits per heavy atom. The van der Waals surface area contributed by atoms with Crippen LogP contribution < -0.4 is 0 Å². The van der Waals surface area contributed by atoms with Crippen LogP contribution in [0.5, 0.6) is 0 Å². The maximum absolute atomic E-state index is 15.1. The molecule has 8 heteroatoms. The highest BCUT2D eigenvalue weighted by Gasteiger charge is 2.32. The van der Waals surface area contributed by atoms with Crippen LogP contribution in [0.25, 0.3) is 16.7 Å². The van der Waals surface area contributed by atoms with Gasteiger partial charge >= 0.3 is 0 Å². The number of alkyl halides is 1. The lowest BCUT2D eigenvalue weighted by Crippen LogP contribution is -2.42. The van der Waals surface area contributed by atoms with Crippen molar-refractivity contribution in [2.24, 2.45) is 0 Å². The Hall–Kier alpha value is -2.38. The summed E-state index contributed by atoms with van der Waals surface area (Å²) in [6, 6.07) is 5.72. The number of aryl methyl sites for hydroxylation is 2. The number of aromatic nitrogens is 4. The molecule has 1 aliphatic heterocycles. The second kappa shape index (κ2) is 7.80. The molecule has 0 aliphatic carbocycles. The third-order valence-electron chi connectivity index (χ3n) is 5.44. The van der Waals surface area contributed by atoms with Crippen LogP contribution in [0.3, 0.4) is 0 Å². The fraction of sp³-hybridized carbons (Fsp3) is 0.429. The van der Waals surface area contributed by atoms with E-state index in [1.165, 1.54) is 0 Å². The minimum Gasteiger partial charge on any atom is -0.299 e. The normalized spacial score (nSPS) is 20.3. The number of nitrogens with zero attached hydrogens (tertiary/aromatic N) is 5. The van der Waals surface area contributed by atoms with Gasteiger partial charge in [-0.2, -0.15) is 5.10 Å². The van der Waals surface area contributed by atoms with E-state index in [0.717, 1.165) is 22.0 Å². The highest BCUT2D eigenvalue weighted by Crippen LogP contribution is 2.35. The van der Waals surface area contributed by atoms with Crippen LogP contribution >= 0.6 is 11.6 Å². The molecule has 2 unspecified atom stereocenters. The molecule has 0 radical (unpaired) electrons. The summed E-state index contributed by atoms with van der Waals surface area (Å²) in [5, 5.41) is 5.78. The maximum Gasteiger partial charge on any atom is 0.159 e. The molecule has 2 atom stereocenters. The van der Waals surface area contributed by atoms with Gasteiger partial charge in [-0.1, -0.05) is 11.6 Å². The molecule has 1 saturated heterocycles. The summed E-state index contributed by atoms with van der Waals surface area (Å²) in [5.41, 5.74) is 2.88. The van der Waals surface area contributed by atoms with Crippen molar-refractivity contribution in [1.82, 2.24) is 24.6 Å². The average Bonchev–Trinajstić information content (AvgIpc) is 3.03. The summed E-state index contributed by atoms with van der Waals surface area (Å²) in [4.78, 5) is 21.8. The van der Waals surface area contributed by atoms with E-state index in [1.54, 1.807) is 30.8 Å². The van der Waals surface area contributed by atoms with Crippen molar-refractivity contribution in [2.45, 2.75) is 39.3 Å². The largest absolute Gasteiger partial charge is 0.299 e. The number of halogens is 2. The number of Topliss-reactive ketones (excluding diaryl/α,β-unsaturated/α-hetero) is 1. The van der Waals surface area contributed by atoms with Crippen LogP contribution in [0.1, 0.15) is 36.2 Å². The Bertz CT molecular complexity index is 1060. The number of carbonyl (C=O) groups excluding carboxylic acids is 1. The summed E-state index contributed by atoms with van der Waals surface area (Å²) in [5.74, 6) is 1.00. The molecule has 4 rings (SSSR count). The lowest BCUT2D eigenvalue weighted by atomic mass is 9.85. The molecule has 3 heterocycles. The number of hydrogen-bond donors (Lipinski definition) is 0. The number of likely N-dealkylation sites (tertiary alicyclic amines) is 1. The summed E-state index contributed by atoms with van der Waals surface area (Å²) >= 11 is 6.09. The topological polar surface area (TPSA) is 63.9 Å². The first kappa shape index (κ1) is 19.9. The predicted molar refractivity (Wildman–Crippen MR) is 111 cm³/mol. The van der Waals surface area contributed by atoms with Gasteiger partial charge in [-0.15, -0.1) is 0 Å². The first-order chi connectivity index (χ1) is 13.8. The first-order valence-corrected chi connectivity index (χ1v) is 10.1. The van der Waals surface area contributed by atoms with Crippen molar-refractivity contribution in [1.29, 1.82) is 0 Å². The standard InChI is InChI=1S/C21H23ClFN5O/c1-12-6-15-9-24-28(21-8-20(22)25-14(3)26-21)19(15)7-17(12)16-4-5-27(10-13(2)29)11-18(16)23/h6-9,16,18H,4-5,10-11H2,1-3H3. The summed E-state index contributed by atoms with van der Waals surface area (Å²) < 4.78 is 16.8. The zero-order valence-corrected chi connectivity index (χ0v) is 17.4. The summed E-state index contributed by atoms with van der Waals surface area (Å²) in [6.07, 6.45) is 1.43. The average molecular weight is 416 g/mol. The smallest absolute Gasteiger partial charge is 0.159 e. The van der Waals surface area contributed by atoms with Gasteiger partial charge in [-0.05, 0) is 57.0 Å². The number of fused-ring (bicyclic) bond motifs is 1. The second-order valence-corrected chi connectivity index (χ2v) is 8.16. The van der Waals surface area contributed by atoms with Gasteiger partial charge in [0.1, 0.15) is 22.9 Å². The van der Waals surface area contributed by atoms with Gasteiger partial charge in [-0.25, -0.2) is 19.0 Å². The number of ketones is 1. The lowest BCUT2D eigenvalue weighted by molar-refractivity contribution is -0.118. The Labute approximate surface area is 173 Å². The fourth-order valence-corrected chi connectivity index (χ4v) is 4.41. The SMILES string of the molecule is CC(=O)CN1CCC(c2cc3c(cnn3-c3cc(Cl)nc(C)n3)cc2C)C(F)C1. The molecule has 6 nitrogen and oxygen atoms in total. The van der Waals surface area contributed by atoms with E-state index in [1.807, 2.05) is 24.0 Å². The number of rotatable bonds is 4. The molecule has 1 fully saturated rings. The lowest BCUT2D eigenvalue weighted by Gasteiger charge is -2.35. The molecule has 0 saturated carbocycles. The van der Waals surface area contributed by atoms with Gasteiger partial charge in [0.2, 0.25) is 0 Å². The van der Waals surface area contributed by atoms with Crippen molar-refractivity contribution in [3.8, 4) is 5.82 Å². The van der Waals surface area contributed by atoms with Gasteiger partial charge < -0.3 is 0 Å². The molecule has 152 valence electrons. The molecular formula is C21H23ClFN5O. The maximum atomic E-state index is 15.1. The van der Waals surface area contributed by atoms with Crippen LogP contribution in [-0.2, 0) is 4.79 Å². The van der Waals surface area contributed by atoms with Gasteiger partial charge in [0, 0.05) is 23.9 Å². The van der Waals surface area contributed by atoms with Crippen molar-refractivity contribution >= 4 is 28.3 Å². The third kappa shape index (κ3) is 4.02. The van der Waals surface area contributed by atoms with E-state index >= 15 is 4.39 Å². The minimum atomic E-state index is -1.02. The van der Waals surface area contributed by atoms with Crippen LogP contribution in [-0.4, -0.2) is 56.2 Å². The van der Waals surface area contributed by atoms with Gasteiger partial charge in [0.05, 0.1) is 18.3 Å². The Kier molecular flexibility index (Phi) is 5.36. The van der Waals surface area contributed by atoms with Crippen molar-refractivity contribution in [3.63, 3.8) is 0 Å². The molecule has 0 spiro atoms. The molecule has 0 amide bonds. The van der Waals surface area contributed by atoms with E-state index in [9.17, 15) is 4.79 Å². The molecule has 1 aliphatic rings. The molecule has 29 heavy (non-hydrogen) atoms. The van der Waals surface area contributed by atoms with E-state index in [-0.39, 0.29) is 18.2 Å². The number of hydrogen-bond acceptors (Lipinski definition) is 5. The quantitative estimate of drug-likeness (QED) is 0.606. The van der Waals surface area contributed by atoms with E-state index in [2.05, 4.69) is 15.1 Å². The highest BCUT2D eigenvalue weighted by atomic mass is 35.5. The van der Waals surface area contributed by atoms with E-state index < -0.39 is 6.17 Å². The number of benzene rings is 1. The van der Waals surface area contributed by atoms with Crippen LogP contribution in [0, 0.1) is 13.8 Å².